The van der Waals surface area contributed by atoms with Crippen LogP contribution in [-0.4, -0.2) is 47.8 Å². The van der Waals surface area contributed by atoms with E-state index in [1.54, 1.807) is 41.5 Å². The topological polar surface area (TPSA) is 109 Å². The molecule has 3 aromatic rings. The summed E-state index contributed by atoms with van der Waals surface area (Å²) in [7, 11) is -3.31. The molecular weight excluding hydrogens is 370 g/mol. The number of hydrogen-bond acceptors (Lipinski definition) is 6. The maximum Gasteiger partial charge on any atom is 0.274 e. The Labute approximate surface area is 156 Å². The van der Waals surface area contributed by atoms with Gasteiger partial charge in [-0.3, -0.25) is 9.89 Å². The summed E-state index contributed by atoms with van der Waals surface area (Å²) < 4.78 is 35.5. The first-order chi connectivity index (χ1) is 13.0. The fraction of sp³-hybridized carbons (Fsp3) is 0.333. The third-order valence-electron chi connectivity index (χ3n) is 4.74. The average molecular weight is 389 g/mol. The fourth-order valence-electron chi connectivity index (χ4n) is 3.28. The van der Waals surface area contributed by atoms with Gasteiger partial charge in [0, 0.05) is 19.2 Å². The Hall–Kier alpha value is -2.81. The zero-order valence-electron chi connectivity index (χ0n) is 14.5. The molecule has 4 rings (SSSR count). The monoisotopic (exact) mass is 389 g/mol. The molecule has 4 heterocycles. The molecule has 1 aliphatic heterocycles. The van der Waals surface area contributed by atoms with Crippen LogP contribution in [-0.2, 0) is 15.6 Å². The lowest BCUT2D eigenvalue weighted by atomic mass is 10.1. The molecule has 3 aromatic heterocycles. The van der Waals surface area contributed by atoms with E-state index in [1.807, 2.05) is 0 Å². The molecule has 1 fully saturated rings. The second-order valence-electron chi connectivity index (χ2n) is 6.52. The number of hydrogen-bond donors (Lipinski definition) is 1. The standard InChI is InChI=1S/C18H19N3O5S/c22-18(16-11-15(19-20-16)17-4-2-10-26-17)21-7-5-14(6-8-21)27(23,24)12-13-3-1-9-25-13/h1-4,9-11,14H,5-8,12H2,(H,19,20). The van der Waals surface area contributed by atoms with Gasteiger partial charge in [-0.2, -0.15) is 5.10 Å². The van der Waals surface area contributed by atoms with Crippen LogP contribution in [0, 0.1) is 0 Å². The van der Waals surface area contributed by atoms with E-state index in [1.165, 1.54) is 6.26 Å². The van der Waals surface area contributed by atoms with Gasteiger partial charge < -0.3 is 13.7 Å². The second kappa shape index (κ2) is 7.07. The summed E-state index contributed by atoms with van der Waals surface area (Å²) >= 11 is 0. The third-order valence-corrected chi connectivity index (χ3v) is 6.92. The molecular formula is C18H19N3O5S. The van der Waals surface area contributed by atoms with Gasteiger partial charge in [0.25, 0.3) is 5.91 Å². The Bertz CT molecular complexity index is 998. The van der Waals surface area contributed by atoms with Crippen LogP contribution in [0.25, 0.3) is 11.5 Å². The van der Waals surface area contributed by atoms with E-state index >= 15 is 0 Å². The lowest BCUT2D eigenvalue weighted by Crippen LogP contribution is -2.42. The minimum Gasteiger partial charge on any atom is -0.468 e. The molecule has 0 saturated carbocycles. The van der Waals surface area contributed by atoms with Crippen LogP contribution in [0.3, 0.4) is 0 Å². The van der Waals surface area contributed by atoms with E-state index in [0.717, 1.165) is 0 Å². The number of furan rings is 2. The van der Waals surface area contributed by atoms with E-state index in [9.17, 15) is 13.2 Å². The predicted molar refractivity (Wildman–Crippen MR) is 96.5 cm³/mol. The largest absolute Gasteiger partial charge is 0.468 e. The van der Waals surface area contributed by atoms with Gasteiger partial charge >= 0.3 is 0 Å². The fourth-order valence-corrected chi connectivity index (χ4v) is 5.01. The quantitative estimate of drug-likeness (QED) is 0.718. The van der Waals surface area contributed by atoms with Gasteiger partial charge in [0.15, 0.2) is 21.3 Å². The van der Waals surface area contributed by atoms with Crippen LogP contribution in [0.15, 0.2) is 51.7 Å². The summed E-state index contributed by atoms with van der Waals surface area (Å²) in [6, 6.07) is 8.50. The number of rotatable bonds is 5. The summed E-state index contributed by atoms with van der Waals surface area (Å²) in [4.78, 5) is 14.3. The molecule has 0 atom stereocenters. The Morgan fingerprint density at radius 1 is 1.19 bits per heavy atom. The molecule has 8 nitrogen and oxygen atoms in total. The first kappa shape index (κ1) is 17.6. The Kier molecular flexibility index (Phi) is 4.61. The van der Waals surface area contributed by atoms with Gasteiger partial charge in [-0.1, -0.05) is 0 Å². The van der Waals surface area contributed by atoms with Crippen molar-refractivity contribution in [1.29, 1.82) is 0 Å². The summed E-state index contributed by atoms with van der Waals surface area (Å²) in [5.74, 6) is 0.718. The number of likely N-dealkylation sites (tertiary alicyclic amines) is 1. The summed E-state index contributed by atoms with van der Waals surface area (Å²) in [5.41, 5.74) is 0.914. The van der Waals surface area contributed by atoms with Gasteiger partial charge in [0.1, 0.15) is 17.2 Å². The van der Waals surface area contributed by atoms with E-state index < -0.39 is 15.1 Å². The van der Waals surface area contributed by atoms with Crippen LogP contribution in [0.2, 0.25) is 0 Å². The van der Waals surface area contributed by atoms with Crippen molar-refractivity contribution in [2.45, 2.75) is 23.8 Å². The highest BCUT2D eigenvalue weighted by atomic mass is 32.2. The molecule has 142 valence electrons. The van der Waals surface area contributed by atoms with Crippen molar-refractivity contribution in [3.05, 3.63) is 54.3 Å². The SMILES string of the molecule is O=C(c1cc(-c2ccco2)[nH]n1)N1CCC(S(=O)(=O)Cc2ccco2)CC1. The Balaban J connectivity index is 1.38. The number of aromatic nitrogens is 2. The number of carbonyl (C=O) groups excluding carboxylic acids is 1. The van der Waals surface area contributed by atoms with Gasteiger partial charge in [-0.15, -0.1) is 0 Å². The molecule has 27 heavy (non-hydrogen) atoms. The third kappa shape index (κ3) is 3.68. The van der Waals surface area contributed by atoms with Crippen LogP contribution >= 0.6 is 0 Å². The van der Waals surface area contributed by atoms with Crippen molar-refractivity contribution < 1.29 is 22.0 Å². The first-order valence-electron chi connectivity index (χ1n) is 8.65. The second-order valence-corrected chi connectivity index (χ2v) is 8.80. The normalized spacial score (nSPS) is 15.9. The van der Waals surface area contributed by atoms with Crippen LogP contribution < -0.4 is 0 Å². The number of piperidine rings is 1. The van der Waals surface area contributed by atoms with Crippen molar-refractivity contribution in [3.8, 4) is 11.5 Å². The van der Waals surface area contributed by atoms with Crippen molar-refractivity contribution in [2.24, 2.45) is 0 Å². The molecule has 1 amide bonds. The molecule has 0 aliphatic carbocycles. The number of nitrogens with one attached hydrogen (secondary N) is 1. The Morgan fingerprint density at radius 3 is 2.59 bits per heavy atom. The summed E-state index contributed by atoms with van der Waals surface area (Å²) in [6.07, 6.45) is 3.83. The van der Waals surface area contributed by atoms with Gasteiger partial charge in [-0.25, -0.2) is 8.42 Å². The van der Waals surface area contributed by atoms with Crippen molar-refractivity contribution in [3.63, 3.8) is 0 Å². The highest BCUT2D eigenvalue weighted by molar-refractivity contribution is 7.91. The van der Waals surface area contributed by atoms with Crippen LogP contribution in [0.5, 0.6) is 0 Å². The zero-order chi connectivity index (χ0) is 18.9. The van der Waals surface area contributed by atoms with Crippen molar-refractivity contribution >= 4 is 15.7 Å². The predicted octanol–water partition coefficient (Wildman–Crippen LogP) is 2.48. The average Bonchev–Trinajstić information content (AvgIpc) is 3.42. The molecule has 0 bridgehead atoms. The van der Waals surface area contributed by atoms with Crippen LogP contribution in [0.4, 0.5) is 0 Å². The van der Waals surface area contributed by atoms with E-state index in [2.05, 4.69) is 10.2 Å². The highest BCUT2D eigenvalue weighted by Gasteiger charge is 2.33. The van der Waals surface area contributed by atoms with Gasteiger partial charge in [0.05, 0.1) is 17.8 Å². The number of sulfone groups is 1. The smallest absolute Gasteiger partial charge is 0.274 e. The minimum absolute atomic E-state index is 0.107. The van der Waals surface area contributed by atoms with Gasteiger partial charge in [0.2, 0.25) is 0 Å². The number of carbonyl (C=O) groups is 1. The lowest BCUT2D eigenvalue weighted by molar-refractivity contribution is 0.0719. The first-order valence-corrected chi connectivity index (χ1v) is 10.4. The number of aromatic amines is 1. The lowest BCUT2D eigenvalue weighted by Gasteiger charge is -2.31. The molecule has 0 aromatic carbocycles. The molecule has 0 spiro atoms. The summed E-state index contributed by atoms with van der Waals surface area (Å²) in [5, 5.41) is 6.38. The molecule has 1 N–H and O–H groups in total. The molecule has 0 unspecified atom stereocenters. The molecule has 9 heteroatoms. The minimum atomic E-state index is -3.31. The van der Waals surface area contributed by atoms with E-state index in [-0.39, 0.29) is 11.7 Å². The van der Waals surface area contributed by atoms with Crippen molar-refractivity contribution in [1.82, 2.24) is 15.1 Å². The highest BCUT2D eigenvalue weighted by Crippen LogP contribution is 2.24. The summed E-state index contributed by atoms with van der Waals surface area (Å²) in [6.45, 7) is 0.758. The maximum atomic E-state index is 12.6. The Morgan fingerprint density at radius 2 is 1.93 bits per heavy atom. The van der Waals surface area contributed by atoms with Crippen molar-refractivity contribution in [2.75, 3.05) is 13.1 Å². The maximum absolute atomic E-state index is 12.6. The number of nitrogens with zero attached hydrogens (tertiary/aromatic N) is 2. The van der Waals surface area contributed by atoms with E-state index in [0.29, 0.717) is 48.8 Å². The van der Waals surface area contributed by atoms with Gasteiger partial charge in [-0.05, 0) is 37.1 Å². The molecule has 1 saturated heterocycles. The molecule has 1 aliphatic rings. The number of amides is 1. The zero-order valence-corrected chi connectivity index (χ0v) is 15.3. The molecule has 0 radical (unpaired) electrons. The number of H-pyrrole nitrogens is 1. The van der Waals surface area contributed by atoms with E-state index in [4.69, 9.17) is 8.83 Å². The van der Waals surface area contributed by atoms with Crippen LogP contribution in [0.1, 0.15) is 29.1 Å².